The third-order valence-electron chi connectivity index (χ3n) is 4.02. The van der Waals surface area contributed by atoms with E-state index in [4.69, 9.17) is 10.5 Å². The highest BCUT2D eigenvalue weighted by atomic mass is 16.6. The van der Waals surface area contributed by atoms with E-state index in [1.165, 1.54) is 19.1 Å². The van der Waals surface area contributed by atoms with Crippen LogP contribution in [0.4, 0.5) is 11.4 Å². The van der Waals surface area contributed by atoms with Crippen LogP contribution in [0.5, 0.6) is 0 Å². The molecule has 1 fully saturated rings. The van der Waals surface area contributed by atoms with Gasteiger partial charge in [0, 0.05) is 25.2 Å². The summed E-state index contributed by atoms with van der Waals surface area (Å²) >= 11 is 0. The molecule has 1 aliphatic heterocycles. The first-order valence-electron chi connectivity index (χ1n) is 7.94. The molecule has 1 heterocycles. The quantitative estimate of drug-likeness (QED) is 0.390. The molecule has 1 aliphatic rings. The SMILES string of the molecule is C[C@@H](OC(=O)c1ccc([N+](=O)[O-])cc1N)C(=O)N1CCCCCC1. The van der Waals surface area contributed by atoms with Crippen molar-refractivity contribution < 1.29 is 19.2 Å². The van der Waals surface area contributed by atoms with E-state index >= 15 is 0 Å². The Labute approximate surface area is 139 Å². The Morgan fingerprint density at radius 1 is 1.25 bits per heavy atom. The molecule has 1 atom stereocenters. The number of hydrogen-bond donors (Lipinski definition) is 1. The zero-order valence-electron chi connectivity index (χ0n) is 13.6. The molecule has 0 bridgehead atoms. The Hall–Kier alpha value is -2.64. The molecule has 0 unspecified atom stereocenters. The van der Waals surface area contributed by atoms with Crippen LogP contribution in [0.2, 0.25) is 0 Å². The van der Waals surface area contributed by atoms with Gasteiger partial charge in [-0.05, 0) is 25.8 Å². The maximum absolute atomic E-state index is 12.4. The number of benzene rings is 1. The number of hydrogen-bond acceptors (Lipinski definition) is 6. The summed E-state index contributed by atoms with van der Waals surface area (Å²) in [6, 6.07) is 3.51. The summed E-state index contributed by atoms with van der Waals surface area (Å²) in [4.78, 5) is 36.3. The van der Waals surface area contributed by atoms with E-state index in [9.17, 15) is 19.7 Å². The molecule has 1 saturated heterocycles. The van der Waals surface area contributed by atoms with Crippen LogP contribution >= 0.6 is 0 Å². The minimum absolute atomic E-state index is 0.0103. The summed E-state index contributed by atoms with van der Waals surface area (Å²) in [6.07, 6.45) is 3.16. The third kappa shape index (κ3) is 4.21. The normalized spacial score (nSPS) is 16.1. The number of non-ortho nitro benzene ring substituents is 1. The standard InChI is InChI=1S/C16H21N3O5/c1-11(15(20)18-8-4-2-3-5-9-18)24-16(21)13-7-6-12(19(22)23)10-14(13)17/h6-7,10-11H,2-5,8-9,17H2,1H3/t11-/m1/s1. The third-order valence-corrected chi connectivity index (χ3v) is 4.02. The first-order chi connectivity index (χ1) is 11.4. The van der Waals surface area contributed by atoms with E-state index in [1.54, 1.807) is 4.90 Å². The molecule has 0 radical (unpaired) electrons. The number of anilines is 1. The van der Waals surface area contributed by atoms with Crippen LogP contribution in [0.3, 0.4) is 0 Å². The summed E-state index contributed by atoms with van der Waals surface area (Å²) in [5, 5.41) is 10.7. The van der Waals surface area contributed by atoms with Crippen LogP contribution in [-0.2, 0) is 9.53 Å². The molecular formula is C16H21N3O5. The lowest BCUT2D eigenvalue weighted by Crippen LogP contribution is -2.40. The topological polar surface area (TPSA) is 116 Å². The van der Waals surface area contributed by atoms with E-state index in [2.05, 4.69) is 0 Å². The number of nitro groups is 1. The van der Waals surface area contributed by atoms with Crippen molar-refractivity contribution in [2.24, 2.45) is 0 Å². The highest BCUT2D eigenvalue weighted by molar-refractivity contribution is 5.97. The fourth-order valence-corrected chi connectivity index (χ4v) is 2.67. The van der Waals surface area contributed by atoms with Crippen LogP contribution in [0.1, 0.15) is 43.0 Å². The van der Waals surface area contributed by atoms with Crippen molar-refractivity contribution >= 4 is 23.3 Å². The molecule has 2 N–H and O–H groups in total. The number of nitro benzene ring substituents is 1. The molecule has 0 aliphatic carbocycles. The Balaban J connectivity index is 2.02. The molecule has 8 heteroatoms. The second-order valence-electron chi connectivity index (χ2n) is 5.82. The Bertz CT molecular complexity index is 639. The molecule has 24 heavy (non-hydrogen) atoms. The summed E-state index contributed by atoms with van der Waals surface area (Å²) in [6.45, 7) is 2.85. The fourth-order valence-electron chi connectivity index (χ4n) is 2.67. The molecule has 1 amide bonds. The maximum atomic E-state index is 12.4. The Kier molecular flexibility index (Phi) is 5.73. The van der Waals surface area contributed by atoms with Gasteiger partial charge in [-0.2, -0.15) is 0 Å². The number of nitrogen functional groups attached to an aromatic ring is 1. The van der Waals surface area contributed by atoms with Crippen molar-refractivity contribution in [1.82, 2.24) is 4.90 Å². The highest BCUT2D eigenvalue weighted by Crippen LogP contribution is 2.21. The van der Waals surface area contributed by atoms with Crippen molar-refractivity contribution in [1.29, 1.82) is 0 Å². The minimum Gasteiger partial charge on any atom is -0.449 e. The summed E-state index contributed by atoms with van der Waals surface area (Å²) in [5.41, 5.74) is 5.42. The van der Waals surface area contributed by atoms with Crippen LogP contribution < -0.4 is 5.73 Å². The second-order valence-corrected chi connectivity index (χ2v) is 5.82. The van der Waals surface area contributed by atoms with Gasteiger partial charge in [-0.25, -0.2) is 4.79 Å². The number of carbonyl (C=O) groups excluding carboxylic acids is 2. The molecule has 130 valence electrons. The van der Waals surface area contributed by atoms with Gasteiger partial charge in [0.15, 0.2) is 6.10 Å². The summed E-state index contributed by atoms with van der Waals surface area (Å²) in [5.74, 6) is -0.996. The first-order valence-corrected chi connectivity index (χ1v) is 7.94. The molecule has 0 spiro atoms. The zero-order valence-corrected chi connectivity index (χ0v) is 13.6. The van der Waals surface area contributed by atoms with Crippen LogP contribution in [0, 0.1) is 10.1 Å². The lowest BCUT2D eigenvalue weighted by atomic mass is 10.1. The number of likely N-dealkylation sites (tertiary alicyclic amines) is 1. The van der Waals surface area contributed by atoms with Crippen molar-refractivity contribution in [2.75, 3.05) is 18.8 Å². The average molecular weight is 335 g/mol. The van der Waals surface area contributed by atoms with E-state index in [1.807, 2.05) is 0 Å². The highest BCUT2D eigenvalue weighted by Gasteiger charge is 2.26. The largest absolute Gasteiger partial charge is 0.449 e. The van der Waals surface area contributed by atoms with Gasteiger partial charge >= 0.3 is 5.97 Å². The van der Waals surface area contributed by atoms with Crippen molar-refractivity contribution in [3.05, 3.63) is 33.9 Å². The van der Waals surface area contributed by atoms with Crippen LogP contribution in [0.15, 0.2) is 18.2 Å². The van der Waals surface area contributed by atoms with Gasteiger partial charge in [-0.15, -0.1) is 0 Å². The van der Waals surface area contributed by atoms with Gasteiger partial charge in [0.2, 0.25) is 0 Å². The van der Waals surface area contributed by atoms with E-state index in [-0.39, 0.29) is 22.8 Å². The van der Waals surface area contributed by atoms with Crippen molar-refractivity contribution in [2.45, 2.75) is 38.7 Å². The molecule has 0 aromatic heterocycles. The van der Waals surface area contributed by atoms with E-state index in [0.717, 1.165) is 31.7 Å². The smallest absolute Gasteiger partial charge is 0.341 e. The number of nitrogens with zero attached hydrogens (tertiary/aromatic N) is 2. The van der Waals surface area contributed by atoms with Crippen LogP contribution in [0.25, 0.3) is 0 Å². The zero-order chi connectivity index (χ0) is 17.7. The van der Waals surface area contributed by atoms with Gasteiger partial charge in [-0.3, -0.25) is 14.9 Å². The monoisotopic (exact) mass is 335 g/mol. The van der Waals surface area contributed by atoms with Gasteiger partial charge in [0.1, 0.15) is 0 Å². The molecule has 8 nitrogen and oxygen atoms in total. The fraction of sp³-hybridized carbons (Fsp3) is 0.500. The Morgan fingerprint density at radius 2 is 1.88 bits per heavy atom. The predicted octanol–water partition coefficient (Wildman–Crippen LogP) is 2.12. The summed E-state index contributed by atoms with van der Waals surface area (Å²) in [7, 11) is 0. The van der Waals surface area contributed by atoms with E-state index in [0.29, 0.717) is 13.1 Å². The number of rotatable bonds is 4. The van der Waals surface area contributed by atoms with E-state index < -0.39 is 17.0 Å². The number of nitrogens with two attached hydrogens (primary N) is 1. The lowest BCUT2D eigenvalue weighted by Gasteiger charge is -2.24. The van der Waals surface area contributed by atoms with Crippen molar-refractivity contribution in [3.8, 4) is 0 Å². The van der Waals surface area contributed by atoms with Gasteiger partial charge in [0.05, 0.1) is 16.2 Å². The van der Waals surface area contributed by atoms with Gasteiger partial charge in [-0.1, -0.05) is 12.8 Å². The molecular weight excluding hydrogens is 314 g/mol. The van der Waals surface area contributed by atoms with Gasteiger partial charge < -0.3 is 15.4 Å². The minimum atomic E-state index is -0.926. The Morgan fingerprint density at radius 3 is 2.42 bits per heavy atom. The van der Waals surface area contributed by atoms with Gasteiger partial charge in [0.25, 0.3) is 11.6 Å². The first kappa shape index (κ1) is 17.7. The number of esters is 1. The number of ether oxygens (including phenoxy) is 1. The molecule has 2 rings (SSSR count). The van der Waals surface area contributed by atoms with Crippen LogP contribution in [-0.4, -0.2) is 40.9 Å². The number of carbonyl (C=O) groups is 2. The summed E-state index contributed by atoms with van der Waals surface area (Å²) < 4.78 is 5.19. The predicted molar refractivity (Wildman–Crippen MR) is 87.4 cm³/mol. The average Bonchev–Trinajstić information content (AvgIpc) is 2.82. The second kappa shape index (κ2) is 7.76. The molecule has 0 saturated carbocycles. The van der Waals surface area contributed by atoms with Crippen molar-refractivity contribution in [3.63, 3.8) is 0 Å². The molecule has 1 aromatic carbocycles. The number of amides is 1. The maximum Gasteiger partial charge on any atom is 0.341 e. The lowest BCUT2D eigenvalue weighted by molar-refractivity contribution is -0.384. The molecule has 1 aromatic rings.